The number of amides is 1. The van der Waals surface area contributed by atoms with Crippen LogP contribution >= 0.6 is 51.2 Å². The highest BCUT2D eigenvalue weighted by molar-refractivity contribution is 14.0. The van der Waals surface area contributed by atoms with Crippen LogP contribution in [0.1, 0.15) is 30.6 Å². The third kappa shape index (κ3) is 5.59. The summed E-state index contributed by atoms with van der Waals surface area (Å²) >= 11 is 5.16. The molecule has 2 rings (SSSR count). The van der Waals surface area contributed by atoms with Crippen LogP contribution in [0.5, 0.6) is 0 Å². The molecule has 1 amide bonds. The number of nitrogens with one attached hydrogen (secondary N) is 2. The summed E-state index contributed by atoms with van der Waals surface area (Å²) in [4.78, 5) is 19.8. The van der Waals surface area contributed by atoms with Gasteiger partial charge in [0.2, 0.25) is 5.91 Å². The lowest BCUT2D eigenvalue weighted by molar-refractivity contribution is -0.138. The molecular formula is C16H26BrIN4OS. The molecular weight excluding hydrogens is 503 g/mol. The minimum absolute atomic E-state index is 0. The van der Waals surface area contributed by atoms with Gasteiger partial charge in [-0.1, -0.05) is 12.8 Å². The van der Waals surface area contributed by atoms with Gasteiger partial charge in [0, 0.05) is 42.4 Å². The summed E-state index contributed by atoms with van der Waals surface area (Å²) < 4.78 is 1.10. The lowest BCUT2D eigenvalue weighted by atomic mass is 9.84. The predicted molar refractivity (Wildman–Crippen MR) is 115 cm³/mol. The van der Waals surface area contributed by atoms with Crippen molar-refractivity contribution in [2.24, 2.45) is 10.4 Å². The SMILES string of the molecule is CN=C(NCc1cc(Br)cs1)NCC1(C(=O)N(C)C)CCCC1.I. The van der Waals surface area contributed by atoms with Gasteiger partial charge in [-0.2, -0.15) is 0 Å². The van der Waals surface area contributed by atoms with E-state index in [0.29, 0.717) is 6.54 Å². The molecule has 0 spiro atoms. The number of carbonyl (C=O) groups excluding carboxylic acids is 1. The van der Waals surface area contributed by atoms with Crippen LogP contribution in [0.4, 0.5) is 0 Å². The van der Waals surface area contributed by atoms with Gasteiger partial charge in [-0.3, -0.25) is 9.79 Å². The van der Waals surface area contributed by atoms with E-state index in [9.17, 15) is 4.79 Å². The molecule has 2 N–H and O–H groups in total. The molecule has 0 bridgehead atoms. The fraction of sp³-hybridized carbons (Fsp3) is 0.625. The van der Waals surface area contributed by atoms with Gasteiger partial charge in [-0.15, -0.1) is 35.3 Å². The Labute approximate surface area is 173 Å². The average molecular weight is 529 g/mol. The summed E-state index contributed by atoms with van der Waals surface area (Å²) in [5, 5.41) is 8.73. The number of rotatable bonds is 5. The van der Waals surface area contributed by atoms with E-state index in [1.54, 1.807) is 23.3 Å². The number of thiophene rings is 1. The molecule has 0 radical (unpaired) electrons. The third-order valence-corrected chi connectivity index (χ3v) is 5.99. The van der Waals surface area contributed by atoms with Crippen molar-refractivity contribution in [1.82, 2.24) is 15.5 Å². The minimum atomic E-state index is -0.285. The van der Waals surface area contributed by atoms with E-state index in [4.69, 9.17) is 0 Å². The topological polar surface area (TPSA) is 56.7 Å². The van der Waals surface area contributed by atoms with E-state index in [1.807, 2.05) is 14.1 Å². The van der Waals surface area contributed by atoms with Crippen molar-refractivity contribution < 1.29 is 4.79 Å². The summed E-state index contributed by atoms with van der Waals surface area (Å²) in [5.74, 6) is 0.965. The maximum absolute atomic E-state index is 12.6. The number of aliphatic imine (C=N–C) groups is 1. The normalized spacial score (nSPS) is 16.4. The van der Waals surface area contributed by atoms with Crippen molar-refractivity contribution in [3.8, 4) is 0 Å². The second kappa shape index (κ2) is 9.96. The summed E-state index contributed by atoms with van der Waals surface area (Å²) in [6.07, 6.45) is 4.14. The second-order valence-electron chi connectivity index (χ2n) is 6.20. The van der Waals surface area contributed by atoms with Gasteiger partial charge in [0.25, 0.3) is 0 Å². The molecule has 0 aromatic carbocycles. The number of carbonyl (C=O) groups is 1. The molecule has 1 saturated carbocycles. The van der Waals surface area contributed by atoms with Crippen molar-refractivity contribution in [1.29, 1.82) is 0 Å². The molecule has 136 valence electrons. The summed E-state index contributed by atoms with van der Waals surface area (Å²) in [5.41, 5.74) is -0.285. The van der Waals surface area contributed by atoms with Gasteiger partial charge >= 0.3 is 0 Å². The molecule has 1 aliphatic rings. The Hall–Kier alpha value is -0.350. The quantitative estimate of drug-likeness (QED) is 0.349. The van der Waals surface area contributed by atoms with Crippen molar-refractivity contribution in [3.05, 3.63) is 20.8 Å². The smallest absolute Gasteiger partial charge is 0.230 e. The van der Waals surface area contributed by atoms with E-state index < -0.39 is 0 Å². The van der Waals surface area contributed by atoms with Crippen molar-refractivity contribution in [2.45, 2.75) is 32.2 Å². The summed E-state index contributed by atoms with van der Waals surface area (Å²) in [7, 11) is 5.43. The fourth-order valence-corrected chi connectivity index (χ4v) is 4.47. The summed E-state index contributed by atoms with van der Waals surface area (Å²) in [6, 6.07) is 2.10. The Morgan fingerprint density at radius 3 is 2.54 bits per heavy atom. The molecule has 1 heterocycles. The third-order valence-electron chi connectivity index (χ3n) is 4.29. The summed E-state index contributed by atoms with van der Waals surface area (Å²) in [6.45, 7) is 1.36. The zero-order valence-electron chi connectivity index (χ0n) is 14.4. The minimum Gasteiger partial charge on any atom is -0.355 e. The Morgan fingerprint density at radius 2 is 2.04 bits per heavy atom. The van der Waals surface area contributed by atoms with Gasteiger partial charge in [0.15, 0.2) is 5.96 Å². The monoisotopic (exact) mass is 528 g/mol. The van der Waals surface area contributed by atoms with Gasteiger partial charge in [0.1, 0.15) is 0 Å². The molecule has 8 heteroatoms. The highest BCUT2D eigenvalue weighted by atomic mass is 127. The van der Waals surface area contributed by atoms with Crippen molar-refractivity contribution >= 4 is 63.1 Å². The first-order chi connectivity index (χ1) is 11.0. The Bertz CT molecular complexity index is 570. The number of halogens is 2. The molecule has 1 aliphatic carbocycles. The lowest BCUT2D eigenvalue weighted by Gasteiger charge is -2.31. The Morgan fingerprint density at radius 1 is 1.38 bits per heavy atom. The van der Waals surface area contributed by atoms with E-state index in [0.717, 1.165) is 42.7 Å². The first kappa shape index (κ1) is 21.7. The van der Waals surface area contributed by atoms with Crippen LogP contribution in [0.3, 0.4) is 0 Å². The lowest BCUT2D eigenvalue weighted by Crippen LogP contribution is -2.49. The molecule has 1 fully saturated rings. The van der Waals surface area contributed by atoms with E-state index in [-0.39, 0.29) is 35.3 Å². The molecule has 1 aromatic rings. The maximum atomic E-state index is 12.6. The molecule has 0 saturated heterocycles. The molecule has 0 unspecified atom stereocenters. The van der Waals surface area contributed by atoms with Crippen LogP contribution in [0, 0.1) is 5.41 Å². The number of hydrogen-bond acceptors (Lipinski definition) is 3. The Kier molecular flexibility index (Phi) is 9.00. The van der Waals surface area contributed by atoms with Crippen LogP contribution in [0.25, 0.3) is 0 Å². The highest BCUT2D eigenvalue weighted by Crippen LogP contribution is 2.38. The van der Waals surface area contributed by atoms with Gasteiger partial charge in [0.05, 0.1) is 12.0 Å². The van der Waals surface area contributed by atoms with Gasteiger partial charge in [-0.05, 0) is 34.8 Å². The highest BCUT2D eigenvalue weighted by Gasteiger charge is 2.42. The molecule has 0 atom stereocenters. The number of nitrogens with zero attached hydrogens (tertiary/aromatic N) is 2. The second-order valence-corrected chi connectivity index (χ2v) is 8.11. The van der Waals surface area contributed by atoms with Gasteiger partial charge < -0.3 is 15.5 Å². The molecule has 24 heavy (non-hydrogen) atoms. The van der Waals surface area contributed by atoms with Crippen LogP contribution in [-0.2, 0) is 11.3 Å². The zero-order chi connectivity index (χ0) is 16.9. The fourth-order valence-electron chi connectivity index (χ4n) is 3.08. The van der Waals surface area contributed by atoms with Crippen LogP contribution in [-0.4, -0.2) is 44.5 Å². The first-order valence-electron chi connectivity index (χ1n) is 7.86. The van der Waals surface area contributed by atoms with E-state index in [1.165, 1.54) is 4.88 Å². The van der Waals surface area contributed by atoms with E-state index >= 15 is 0 Å². The van der Waals surface area contributed by atoms with Crippen LogP contribution in [0.15, 0.2) is 20.9 Å². The Balaban J connectivity index is 0.00000288. The number of hydrogen-bond donors (Lipinski definition) is 2. The standard InChI is InChI=1S/C16H25BrN4OS.HI/c1-18-15(19-9-13-8-12(17)10-23-13)20-11-16(6-4-5-7-16)14(22)21(2)3;/h8,10H,4-7,9,11H2,1-3H3,(H2,18,19,20);1H. The van der Waals surface area contributed by atoms with Crippen LogP contribution < -0.4 is 10.6 Å². The maximum Gasteiger partial charge on any atom is 0.230 e. The molecule has 1 aromatic heterocycles. The largest absolute Gasteiger partial charge is 0.355 e. The average Bonchev–Trinajstić information content (AvgIpc) is 3.16. The van der Waals surface area contributed by atoms with Crippen molar-refractivity contribution in [2.75, 3.05) is 27.7 Å². The van der Waals surface area contributed by atoms with Gasteiger partial charge in [-0.25, -0.2) is 0 Å². The predicted octanol–water partition coefficient (Wildman–Crippen LogP) is 3.44. The van der Waals surface area contributed by atoms with E-state index in [2.05, 4.69) is 43.0 Å². The number of guanidine groups is 1. The molecule has 5 nitrogen and oxygen atoms in total. The van der Waals surface area contributed by atoms with Crippen molar-refractivity contribution in [3.63, 3.8) is 0 Å². The zero-order valence-corrected chi connectivity index (χ0v) is 19.1. The first-order valence-corrected chi connectivity index (χ1v) is 9.53. The molecule has 0 aliphatic heterocycles. The van der Waals surface area contributed by atoms with Crippen LogP contribution in [0.2, 0.25) is 0 Å².